The minimum atomic E-state index is 0.00159. The lowest BCUT2D eigenvalue weighted by molar-refractivity contribution is 0.144. The number of amides is 2. The van der Waals surface area contributed by atoms with E-state index >= 15 is 0 Å². The van der Waals surface area contributed by atoms with Crippen LogP contribution < -0.4 is 5.32 Å². The van der Waals surface area contributed by atoms with Gasteiger partial charge in [-0.2, -0.15) is 0 Å². The Morgan fingerprint density at radius 2 is 2.12 bits per heavy atom. The highest BCUT2D eigenvalue weighted by Crippen LogP contribution is 2.31. The van der Waals surface area contributed by atoms with Crippen LogP contribution in [0.5, 0.6) is 0 Å². The average Bonchev–Trinajstić information content (AvgIpc) is 3.26. The summed E-state index contributed by atoms with van der Waals surface area (Å²) in [5.41, 5.74) is 1.12. The molecule has 2 amide bonds. The molecule has 25 heavy (non-hydrogen) atoms. The molecular formula is C18H26N6O. The first kappa shape index (κ1) is 16.2. The lowest BCUT2D eigenvalue weighted by Crippen LogP contribution is -2.45. The van der Waals surface area contributed by atoms with Crippen molar-refractivity contribution in [2.24, 2.45) is 7.05 Å². The van der Waals surface area contributed by atoms with E-state index in [4.69, 9.17) is 0 Å². The fourth-order valence-electron chi connectivity index (χ4n) is 3.97. The first-order valence-electron chi connectivity index (χ1n) is 9.29. The van der Waals surface area contributed by atoms with Crippen molar-refractivity contribution in [1.82, 2.24) is 29.5 Å². The summed E-state index contributed by atoms with van der Waals surface area (Å²) in [5.74, 6) is 2.06. The molecule has 0 bridgehead atoms. The third-order valence-electron chi connectivity index (χ3n) is 5.29. The van der Waals surface area contributed by atoms with Crippen LogP contribution in [0.3, 0.4) is 0 Å². The highest BCUT2D eigenvalue weighted by Gasteiger charge is 2.32. The molecule has 2 aromatic rings. The van der Waals surface area contributed by atoms with Crippen LogP contribution in [0.25, 0.3) is 0 Å². The zero-order valence-electron chi connectivity index (χ0n) is 14.8. The number of urea groups is 1. The molecule has 1 fully saturated rings. The lowest BCUT2D eigenvalue weighted by atomic mass is 10.0. The zero-order valence-corrected chi connectivity index (χ0v) is 14.8. The molecule has 0 unspecified atom stereocenters. The van der Waals surface area contributed by atoms with Gasteiger partial charge in [0.15, 0.2) is 5.82 Å². The molecule has 0 aliphatic carbocycles. The van der Waals surface area contributed by atoms with Gasteiger partial charge in [0, 0.05) is 45.5 Å². The molecule has 1 N–H and O–H groups in total. The van der Waals surface area contributed by atoms with Crippen molar-refractivity contribution in [3.8, 4) is 0 Å². The summed E-state index contributed by atoms with van der Waals surface area (Å²) in [4.78, 5) is 14.8. The number of carbonyl (C=O) groups excluding carboxylic acids is 1. The standard InChI is InChI=1S/C18H26N6O/c1-22-11-8-14(13-22)12-19-18(25)23-9-4-2-6-15(23)17-21-20-16-7-3-5-10-24(16)17/h8,11,13,15H,2-7,9-10,12H2,1H3,(H,19,25)/t15-/m1/s1. The summed E-state index contributed by atoms with van der Waals surface area (Å²) in [5, 5.41) is 11.9. The van der Waals surface area contributed by atoms with Crippen LogP contribution in [0.4, 0.5) is 4.79 Å². The van der Waals surface area contributed by atoms with Crippen molar-refractivity contribution in [3.63, 3.8) is 0 Å². The fraction of sp³-hybridized carbons (Fsp3) is 0.611. The number of rotatable bonds is 3. The average molecular weight is 342 g/mol. The number of piperidine rings is 1. The van der Waals surface area contributed by atoms with Gasteiger partial charge in [-0.1, -0.05) is 0 Å². The number of hydrogen-bond acceptors (Lipinski definition) is 3. The van der Waals surface area contributed by atoms with Crippen molar-refractivity contribution >= 4 is 6.03 Å². The molecule has 0 radical (unpaired) electrons. The van der Waals surface area contributed by atoms with Crippen LogP contribution in [-0.4, -0.2) is 36.8 Å². The van der Waals surface area contributed by atoms with E-state index in [0.717, 1.165) is 56.0 Å². The number of aryl methyl sites for hydroxylation is 2. The Morgan fingerprint density at radius 1 is 1.24 bits per heavy atom. The summed E-state index contributed by atoms with van der Waals surface area (Å²) in [6.07, 6.45) is 10.5. The zero-order chi connectivity index (χ0) is 17.2. The van der Waals surface area contributed by atoms with E-state index in [1.54, 1.807) is 0 Å². The number of likely N-dealkylation sites (tertiary alicyclic amines) is 1. The topological polar surface area (TPSA) is 68.0 Å². The van der Waals surface area contributed by atoms with Gasteiger partial charge in [0.05, 0.1) is 6.04 Å². The molecule has 0 saturated carbocycles. The largest absolute Gasteiger partial charge is 0.357 e. The third-order valence-corrected chi connectivity index (χ3v) is 5.29. The number of aromatic nitrogens is 4. The summed E-state index contributed by atoms with van der Waals surface area (Å²) in [6, 6.07) is 2.08. The summed E-state index contributed by atoms with van der Waals surface area (Å²) >= 11 is 0. The molecule has 1 saturated heterocycles. The molecule has 2 aliphatic rings. The van der Waals surface area contributed by atoms with Crippen molar-refractivity contribution in [1.29, 1.82) is 0 Å². The van der Waals surface area contributed by atoms with E-state index in [0.29, 0.717) is 6.54 Å². The lowest BCUT2D eigenvalue weighted by Gasteiger charge is -2.35. The first-order valence-corrected chi connectivity index (χ1v) is 9.29. The number of hydrogen-bond donors (Lipinski definition) is 1. The Morgan fingerprint density at radius 3 is 2.96 bits per heavy atom. The molecule has 4 rings (SSSR count). The second-order valence-corrected chi connectivity index (χ2v) is 7.13. The molecule has 0 spiro atoms. The number of fused-ring (bicyclic) bond motifs is 1. The molecule has 1 atom stereocenters. The molecular weight excluding hydrogens is 316 g/mol. The van der Waals surface area contributed by atoms with Gasteiger partial charge in [0.25, 0.3) is 0 Å². The predicted molar refractivity (Wildman–Crippen MR) is 93.9 cm³/mol. The first-order chi connectivity index (χ1) is 12.2. The van der Waals surface area contributed by atoms with Crippen molar-refractivity contribution in [2.75, 3.05) is 6.54 Å². The van der Waals surface area contributed by atoms with Gasteiger partial charge in [0.2, 0.25) is 0 Å². The maximum absolute atomic E-state index is 12.8. The minimum absolute atomic E-state index is 0.00159. The maximum atomic E-state index is 12.8. The van der Waals surface area contributed by atoms with Gasteiger partial charge < -0.3 is 19.4 Å². The predicted octanol–water partition coefficient (Wildman–Crippen LogP) is 2.39. The van der Waals surface area contributed by atoms with Gasteiger partial charge in [-0.05, 0) is 43.7 Å². The van der Waals surface area contributed by atoms with Gasteiger partial charge in [-0.15, -0.1) is 10.2 Å². The van der Waals surface area contributed by atoms with Crippen LogP contribution >= 0.6 is 0 Å². The quantitative estimate of drug-likeness (QED) is 0.931. The molecule has 7 nitrogen and oxygen atoms in total. The number of nitrogens with zero attached hydrogens (tertiary/aromatic N) is 5. The van der Waals surface area contributed by atoms with Gasteiger partial charge >= 0.3 is 6.03 Å². The molecule has 0 aromatic carbocycles. The molecule has 7 heteroatoms. The van der Waals surface area contributed by atoms with Crippen LogP contribution in [0.15, 0.2) is 18.5 Å². The Kier molecular flexibility index (Phi) is 4.46. The second-order valence-electron chi connectivity index (χ2n) is 7.13. The van der Waals surface area contributed by atoms with Gasteiger partial charge in [-0.25, -0.2) is 4.79 Å². The molecule has 4 heterocycles. The second kappa shape index (κ2) is 6.90. The van der Waals surface area contributed by atoms with Crippen LogP contribution in [-0.2, 0) is 26.6 Å². The Bertz CT molecular complexity index is 749. The Labute approximate surface area is 148 Å². The Balaban J connectivity index is 1.49. The van der Waals surface area contributed by atoms with E-state index in [1.807, 2.05) is 35.0 Å². The highest BCUT2D eigenvalue weighted by atomic mass is 16.2. The highest BCUT2D eigenvalue weighted by molar-refractivity contribution is 5.74. The SMILES string of the molecule is Cn1ccc(CNC(=O)N2CCCC[C@@H]2c2nnc3n2CCCC3)c1. The van der Waals surface area contributed by atoms with Gasteiger partial charge in [0.1, 0.15) is 5.82 Å². The van der Waals surface area contributed by atoms with Crippen molar-refractivity contribution in [2.45, 2.75) is 57.7 Å². The molecule has 134 valence electrons. The number of nitrogens with one attached hydrogen (secondary N) is 1. The molecule has 2 aromatic heterocycles. The van der Waals surface area contributed by atoms with E-state index in [9.17, 15) is 4.79 Å². The van der Waals surface area contributed by atoms with Crippen molar-refractivity contribution in [3.05, 3.63) is 35.7 Å². The van der Waals surface area contributed by atoms with Crippen LogP contribution in [0.1, 0.15) is 55.4 Å². The van der Waals surface area contributed by atoms with Crippen LogP contribution in [0.2, 0.25) is 0 Å². The summed E-state index contributed by atoms with van der Waals surface area (Å²) < 4.78 is 4.24. The summed E-state index contributed by atoms with van der Waals surface area (Å²) in [7, 11) is 1.99. The van der Waals surface area contributed by atoms with Crippen molar-refractivity contribution < 1.29 is 4.79 Å². The maximum Gasteiger partial charge on any atom is 0.318 e. The third kappa shape index (κ3) is 3.27. The van der Waals surface area contributed by atoms with E-state index < -0.39 is 0 Å². The van der Waals surface area contributed by atoms with E-state index in [1.165, 1.54) is 12.8 Å². The van der Waals surface area contributed by atoms with Crippen LogP contribution in [0, 0.1) is 0 Å². The fourth-order valence-corrected chi connectivity index (χ4v) is 3.97. The van der Waals surface area contributed by atoms with E-state index in [2.05, 4.69) is 20.1 Å². The smallest absolute Gasteiger partial charge is 0.318 e. The number of carbonyl (C=O) groups is 1. The van der Waals surface area contributed by atoms with E-state index in [-0.39, 0.29) is 12.1 Å². The normalized spacial score (nSPS) is 20.4. The minimum Gasteiger partial charge on any atom is -0.357 e. The molecule has 2 aliphatic heterocycles. The summed E-state index contributed by atoms with van der Waals surface area (Å²) in [6.45, 7) is 2.32. The monoisotopic (exact) mass is 342 g/mol. The Hall–Kier alpha value is -2.31. The van der Waals surface area contributed by atoms with Gasteiger partial charge in [-0.3, -0.25) is 0 Å².